The van der Waals surface area contributed by atoms with E-state index in [9.17, 15) is 18.0 Å². The number of carbonyl (C=O) groups excluding carboxylic acids is 1. The molecule has 0 saturated carbocycles. The molecular weight excluding hydrogens is 443 g/mol. The van der Waals surface area contributed by atoms with Crippen molar-refractivity contribution in [2.75, 3.05) is 6.54 Å². The normalized spacial score (nSPS) is 12.4. The Morgan fingerprint density at radius 1 is 1.03 bits per heavy atom. The van der Waals surface area contributed by atoms with Crippen LogP contribution in [0.15, 0.2) is 54.6 Å². The summed E-state index contributed by atoms with van der Waals surface area (Å²) < 4.78 is 49.9. The monoisotopic (exact) mass is 465 g/mol. The molecule has 3 rings (SSSR count). The van der Waals surface area contributed by atoms with Crippen LogP contribution in [0.3, 0.4) is 0 Å². The SMILES string of the molecule is CCCCNC(=O)C(C)Oc1ccc2ccc(Oc3ccc(C(F)(F)F)cc3Cl)cc2c1. The molecule has 1 N–H and O–H groups in total. The quantitative estimate of drug-likeness (QED) is 0.365. The van der Waals surface area contributed by atoms with Crippen LogP contribution in [0.25, 0.3) is 10.8 Å². The summed E-state index contributed by atoms with van der Waals surface area (Å²) in [5.74, 6) is 0.846. The third kappa shape index (κ3) is 6.07. The number of benzene rings is 3. The molecular formula is C24H23ClF3NO3. The van der Waals surface area contributed by atoms with Crippen molar-refractivity contribution in [1.29, 1.82) is 0 Å². The molecule has 0 fully saturated rings. The number of ether oxygens (including phenoxy) is 2. The van der Waals surface area contributed by atoms with Crippen molar-refractivity contribution in [3.8, 4) is 17.2 Å². The first kappa shape index (κ1) is 23.7. The van der Waals surface area contributed by atoms with E-state index < -0.39 is 17.8 Å². The van der Waals surface area contributed by atoms with Crippen molar-refractivity contribution in [3.63, 3.8) is 0 Å². The molecule has 0 aliphatic heterocycles. The Bertz CT molecular complexity index is 1100. The van der Waals surface area contributed by atoms with Crippen LogP contribution in [0, 0.1) is 0 Å². The molecule has 8 heteroatoms. The van der Waals surface area contributed by atoms with Gasteiger partial charge in [0.1, 0.15) is 17.2 Å². The van der Waals surface area contributed by atoms with Crippen LogP contribution in [0.1, 0.15) is 32.3 Å². The Morgan fingerprint density at radius 3 is 2.38 bits per heavy atom. The Kier molecular flexibility index (Phi) is 7.51. The molecule has 1 unspecified atom stereocenters. The smallest absolute Gasteiger partial charge is 0.416 e. The fourth-order valence-corrected chi connectivity index (χ4v) is 3.24. The summed E-state index contributed by atoms with van der Waals surface area (Å²) in [4.78, 5) is 12.1. The number of hydrogen-bond donors (Lipinski definition) is 1. The van der Waals surface area contributed by atoms with Gasteiger partial charge in [0, 0.05) is 6.54 Å². The second-order valence-corrected chi connectivity index (χ2v) is 7.73. The van der Waals surface area contributed by atoms with Gasteiger partial charge in [-0.1, -0.05) is 37.1 Å². The second kappa shape index (κ2) is 10.1. The third-order valence-electron chi connectivity index (χ3n) is 4.78. The minimum absolute atomic E-state index is 0.115. The largest absolute Gasteiger partial charge is 0.481 e. The first-order valence-corrected chi connectivity index (χ1v) is 10.6. The van der Waals surface area contributed by atoms with E-state index in [0.29, 0.717) is 18.0 Å². The Labute approximate surface area is 189 Å². The fraction of sp³-hybridized carbons (Fsp3) is 0.292. The van der Waals surface area contributed by atoms with Crippen molar-refractivity contribution < 1.29 is 27.4 Å². The lowest BCUT2D eigenvalue weighted by molar-refractivity contribution is -0.137. The van der Waals surface area contributed by atoms with Crippen LogP contribution in [-0.2, 0) is 11.0 Å². The number of alkyl halides is 3. The molecule has 32 heavy (non-hydrogen) atoms. The number of fused-ring (bicyclic) bond motifs is 1. The van der Waals surface area contributed by atoms with E-state index in [-0.39, 0.29) is 16.7 Å². The Morgan fingerprint density at radius 2 is 1.72 bits per heavy atom. The summed E-state index contributed by atoms with van der Waals surface area (Å²) in [5, 5.41) is 4.37. The van der Waals surface area contributed by atoms with Crippen molar-refractivity contribution in [2.45, 2.75) is 39.0 Å². The van der Waals surface area contributed by atoms with Gasteiger partial charge in [-0.15, -0.1) is 0 Å². The maximum Gasteiger partial charge on any atom is 0.416 e. The van der Waals surface area contributed by atoms with Gasteiger partial charge in [-0.3, -0.25) is 4.79 Å². The first-order chi connectivity index (χ1) is 15.2. The zero-order chi connectivity index (χ0) is 23.3. The van der Waals surface area contributed by atoms with E-state index in [2.05, 4.69) is 5.32 Å². The lowest BCUT2D eigenvalue weighted by atomic mass is 10.1. The zero-order valence-corrected chi connectivity index (χ0v) is 18.4. The summed E-state index contributed by atoms with van der Waals surface area (Å²) >= 11 is 5.98. The number of hydrogen-bond acceptors (Lipinski definition) is 3. The maximum absolute atomic E-state index is 12.8. The van der Waals surface area contributed by atoms with Gasteiger partial charge in [0.2, 0.25) is 0 Å². The van der Waals surface area contributed by atoms with Crippen LogP contribution in [-0.4, -0.2) is 18.6 Å². The fourth-order valence-electron chi connectivity index (χ4n) is 3.02. The molecule has 0 aliphatic carbocycles. The van der Waals surface area contributed by atoms with Gasteiger partial charge in [-0.2, -0.15) is 13.2 Å². The van der Waals surface area contributed by atoms with E-state index in [1.807, 2.05) is 19.1 Å². The average molecular weight is 466 g/mol. The summed E-state index contributed by atoms with van der Waals surface area (Å²) in [6, 6.07) is 13.6. The van der Waals surface area contributed by atoms with Crippen molar-refractivity contribution in [3.05, 3.63) is 65.2 Å². The lowest BCUT2D eigenvalue weighted by Crippen LogP contribution is -2.36. The molecule has 3 aromatic carbocycles. The van der Waals surface area contributed by atoms with Gasteiger partial charge in [-0.05, 0) is 66.6 Å². The van der Waals surface area contributed by atoms with E-state index in [0.717, 1.165) is 35.7 Å². The molecule has 0 aliphatic rings. The maximum atomic E-state index is 12.8. The minimum Gasteiger partial charge on any atom is -0.481 e. The molecule has 170 valence electrons. The highest BCUT2D eigenvalue weighted by atomic mass is 35.5. The highest BCUT2D eigenvalue weighted by Gasteiger charge is 2.31. The molecule has 0 spiro atoms. The molecule has 0 heterocycles. The molecule has 0 radical (unpaired) electrons. The van der Waals surface area contributed by atoms with Gasteiger partial charge in [0.05, 0.1) is 10.6 Å². The van der Waals surface area contributed by atoms with Crippen LogP contribution in [0.4, 0.5) is 13.2 Å². The topological polar surface area (TPSA) is 47.6 Å². The average Bonchev–Trinajstić information content (AvgIpc) is 2.74. The third-order valence-corrected chi connectivity index (χ3v) is 5.08. The molecule has 1 atom stereocenters. The number of carbonyl (C=O) groups is 1. The summed E-state index contributed by atoms with van der Waals surface area (Å²) in [7, 11) is 0. The van der Waals surface area contributed by atoms with Crippen molar-refractivity contribution >= 4 is 28.3 Å². The van der Waals surface area contributed by atoms with E-state index in [4.69, 9.17) is 21.1 Å². The number of unbranched alkanes of at least 4 members (excludes halogenated alkanes) is 1. The number of nitrogens with one attached hydrogen (secondary N) is 1. The van der Waals surface area contributed by atoms with Crippen LogP contribution >= 0.6 is 11.6 Å². The summed E-state index contributed by atoms with van der Waals surface area (Å²) in [6.45, 7) is 4.33. The second-order valence-electron chi connectivity index (χ2n) is 7.32. The predicted octanol–water partition coefficient (Wildman–Crippen LogP) is 6.99. The number of amides is 1. The van der Waals surface area contributed by atoms with Crippen LogP contribution < -0.4 is 14.8 Å². The van der Waals surface area contributed by atoms with Gasteiger partial charge in [0.15, 0.2) is 6.10 Å². The van der Waals surface area contributed by atoms with Crippen LogP contribution in [0.5, 0.6) is 17.2 Å². The Hall–Kier alpha value is -2.93. The molecule has 3 aromatic rings. The van der Waals surface area contributed by atoms with Gasteiger partial charge in [-0.25, -0.2) is 0 Å². The van der Waals surface area contributed by atoms with E-state index in [1.54, 1.807) is 31.2 Å². The highest BCUT2D eigenvalue weighted by molar-refractivity contribution is 6.32. The highest BCUT2D eigenvalue weighted by Crippen LogP contribution is 2.37. The van der Waals surface area contributed by atoms with Crippen molar-refractivity contribution in [1.82, 2.24) is 5.32 Å². The zero-order valence-electron chi connectivity index (χ0n) is 17.6. The predicted molar refractivity (Wildman–Crippen MR) is 118 cm³/mol. The number of rotatable bonds is 8. The first-order valence-electron chi connectivity index (χ1n) is 10.2. The lowest BCUT2D eigenvalue weighted by Gasteiger charge is -2.15. The summed E-state index contributed by atoms with van der Waals surface area (Å²) in [5.41, 5.74) is -0.844. The summed E-state index contributed by atoms with van der Waals surface area (Å²) in [6.07, 6.45) is -3.25. The minimum atomic E-state index is -4.48. The van der Waals surface area contributed by atoms with Crippen molar-refractivity contribution in [2.24, 2.45) is 0 Å². The molecule has 0 bridgehead atoms. The van der Waals surface area contributed by atoms with Gasteiger partial charge < -0.3 is 14.8 Å². The van der Waals surface area contributed by atoms with E-state index in [1.165, 1.54) is 6.07 Å². The molecule has 0 saturated heterocycles. The Balaban J connectivity index is 1.75. The molecule has 1 amide bonds. The molecule has 4 nitrogen and oxygen atoms in total. The van der Waals surface area contributed by atoms with Crippen LogP contribution in [0.2, 0.25) is 5.02 Å². The van der Waals surface area contributed by atoms with Gasteiger partial charge in [0.25, 0.3) is 5.91 Å². The van der Waals surface area contributed by atoms with Gasteiger partial charge >= 0.3 is 6.18 Å². The standard InChI is InChI=1S/C24H23ClF3NO3/c1-3-4-11-29-23(30)15(2)31-19-8-5-16-6-9-20(13-17(16)12-19)32-22-10-7-18(14-21(22)25)24(26,27)28/h5-10,12-15H,3-4,11H2,1-2H3,(H,29,30). The number of halogens is 4. The van der Waals surface area contributed by atoms with E-state index >= 15 is 0 Å². The molecule has 0 aromatic heterocycles.